The maximum absolute atomic E-state index is 13.7. The lowest BCUT2D eigenvalue weighted by molar-refractivity contribution is -0.141. The van der Waals surface area contributed by atoms with Crippen LogP contribution >= 0.6 is 0 Å². The number of amides is 1. The fourth-order valence-corrected chi connectivity index (χ4v) is 3.16. The molecule has 0 radical (unpaired) electrons. The molecule has 0 bridgehead atoms. The number of methoxy groups -OCH3 is 1. The summed E-state index contributed by atoms with van der Waals surface area (Å²) in [5.74, 6) is -1.33. The van der Waals surface area contributed by atoms with Crippen LogP contribution in [0.4, 0.5) is 13.2 Å². The first-order chi connectivity index (χ1) is 15.9. The highest BCUT2D eigenvalue weighted by molar-refractivity contribution is 6.02. The highest BCUT2D eigenvalue weighted by atomic mass is 19.4. The monoisotopic (exact) mass is 474 g/mol. The topological polar surface area (TPSA) is 106 Å². The van der Waals surface area contributed by atoms with Crippen molar-refractivity contribution in [3.05, 3.63) is 86.3 Å². The minimum Gasteiger partial charge on any atom is -0.465 e. The molecule has 0 spiro atoms. The third-order valence-corrected chi connectivity index (χ3v) is 5.18. The van der Waals surface area contributed by atoms with Gasteiger partial charge in [-0.3, -0.25) is 14.7 Å². The number of halogens is 3. The van der Waals surface area contributed by atoms with Crippen molar-refractivity contribution in [1.82, 2.24) is 15.2 Å². The maximum Gasteiger partial charge on any atom is 0.433 e. The minimum absolute atomic E-state index is 0.0989. The Morgan fingerprint density at radius 3 is 2.21 bits per heavy atom. The van der Waals surface area contributed by atoms with Gasteiger partial charge in [0.2, 0.25) is 0 Å². The Morgan fingerprint density at radius 2 is 1.65 bits per heavy atom. The standard InChI is InChI=1S/C23H21F3N4O4/c1-12-5-10-17(11-13(12)2)30-21(32)18(19(29-30)23(24,25)26)14(3)27-28-20(31)15-6-8-16(9-7-15)22(33)34-4/h5-11,29H,1-4H3,(H,28,31). The molecule has 0 aliphatic carbocycles. The summed E-state index contributed by atoms with van der Waals surface area (Å²) in [5, 5.41) is 5.83. The number of nitrogens with one attached hydrogen (secondary N) is 2. The van der Waals surface area contributed by atoms with Gasteiger partial charge in [-0.15, -0.1) is 0 Å². The zero-order valence-corrected chi connectivity index (χ0v) is 18.7. The molecule has 1 amide bonds. The van der Waals surface area contributed by atoms with Gasteiger partial charge in [0.15, 0.2) is 5.69 Å². The van der Waals surface area contributed by atoms with Gasteiger partial charge in [-0.2, -0.15) is 18.3 Å². The summed E-state index contributed by atoms with van der Waals surface area (Å²) in [6.45, 7) is 4.80. The van der Waals surface area contributed by atoms with Gasteiger partial charge in [0.1, 0.15) is 0 Å². The Balaban J connectivity index is 1.95. The fourth-order valence-electron chi connectivity index (χ4n) is 3.16. The molecule has 178 valence electrons. The number of aromatic nitrogens is 2. The van der Waals surface area contributed by atoms with Crippen molar-refractivity contribution in [3.8, 4) is 5.69 Å². The van der Waals surface area contributed by atoms with E-state index in [2.05, 4.69) is 20.4 Å². The van der Waals surface area contributed by atoms with Crippen LogP contribution in [-0.4, -0.2) is 34.5 Å². The summed E-state index contributed by atoms with van der Waals surface area (Å²) in [5.41, 5.74) is 1.09. The zero-order valence-electron chi connectivity index (χ0n) is 18.7. The van der Waals surface area contributed by atoms with E-state index in [0.29, 0.717) is 0 Å². The molecular formula is C23H21F3N4O4. The van der Waals surface area contributed by atoms with Gasteiger partial charge >= 0.3 is 12.1 Å². The van der Waals surface area contributed by atoms with Crippen LogP contribution in [0.5, 0.6) is 0 Å². The van der Waals surface area contributed by atoms with E-state index < -0.39 is 34.9 Å². The largest absolute Gasteiger partial charge is 0.465 e. The number of carbonyl (C=O) groups excluding carboxylic acids is 2. The molecule has 2 aromatic carbocycles. The Bertz CT molecular complexity index is 1340. The summed E-state index contributed by atoms with van der Waals surface area (Å²) in [6.07, 6.45) is -4.87. The number of hydrogen-bond acceptors (Lipinski definition) is 5. The Kier molecular flexibility index (Phi) is 6.75. The van der Waals surface area contributed by atoms with Crippen molar-refractivity contribution < 1.29 is 27.5 Å². The highest BCUT2D eigenvalue weighted by Gasteiger charge is 2.39. The summed E-state index contributed by atoms with van der Waals surface area (Å²) >= 11 is 0. The molecule has 0 unspecified atom stereocenters. The lowest BCUT2D eigenvalue weighted by Crippen LogP contribution is -2.24. The number of aromatic amines is 1. The number of benzene rings is 2. The number of hydrazone groups is 1. The second-order valence-electron chi connectivity index (χ2n) is 7.48. The Hall–Kier alpha value is -4.15. The van der Waals surface area contributed by atoms with Crippen molar-refractivity contribution in [3.63, 3.8) is 0 Å². The molecule has 8 nitrogen and oxygen atoms in total. The smallest absolute Gasteiger partial charge is 0.433 e. The molecule has 3 aromatic rings. The van der Waals surface area contributed by atoms with E-state index in [0.717, 1.165) is 15.8 Å². The van der Waals surface area contributed by atoms with Crippen LogP contribution in [-0.2, 0) is 10.9 Å². The molecule has 0 saturated heterocycles. The Morgan fingerprint density at radius 1 is 1.03 bits per heavy atom. The normalized spacial score (nSPS) is 11.9. The summed E-state index contributed by atoms with van der Waals surface area (Å²) in [7, 11) is 1.21. The predicted molar refractivity (Wildman–Crippen MR) is 118 cm³/mol. The third kappa shape index (κ3) is 4.92. The van der Waals surface area contributed by atoms with Crippen molar-refractivity contribution in [1.29, 1.82) is 0 Å². The number of aryl methyl sites for hydroxylation is 2. The first kappa shape index (κ1) is 24.5. The number of carbonyl (C=O) groups is 2. The number of esters is 1. The molecule has 34 heavy (non-hydrogen) atoms. The van der Waals surface area contributed by atoms with E-state index in [1.54, 1.807) is 19.1 Å². The molecule has 0 aliphatic rings. The quantitative estimate of drug-likeness (QED) is 0.334. The van der Waals surface area contributed by atoms with E-state index in [4.69, 9.17) is 0 Å². The van der Waals surface area contributed by atoms with Gasteiger partial charge in [0.25, 0.3) is 11.5 Å². The molecule has 1 aromatic heterocycles. The van der Waals surface area contributed by atoms with Gasteiger partial charge in [-0.1, -0.05) is 6.07 Å². The van der Waals surface area contributed by atoms with Crippen LogP contribution in [0.15, 0.2) is 52.4 Å². The van der Waals surface area contributed by atoms with E-state index in [9.17, 15) is 27.6 Å². The molecule has 0 aliphatic heterocycles. The number of alkyl halides is 3. The summed E-state index contributed by atoms with van der Waals surface area (Å²) in [6, 6.07) is 10.2. The van der Waals surface area contributed by atoms with Crippen LogP contribution in [0.2, 0.25) is 0 Å². The lowest BCUT2D eigenvalue weighted by Gasteiger charge is -2.07. The summed E-state index contributed by atoms with van der Waals surface area (Å²) in [4.78, 5) is 36.7. The number of rotatable bonds is 5. The zero-order chi connectivity index (χ0) is 25.2. The maximum atomic E-state index is 13.7. The predicted octanol–water partition coefficient (Wildman–Crippen LogP) is 3.74. The number of H-pyrrole nitrogens is 1. The van der Waals surface area contributed by atoms with E-state index in [-0.39, 0.29) is 22.5 Å². The van der Waals surface area contributed by atoms with Crippen LogP contribution < -0.4 is 11.0 Å². The van der Waals surface area contributed by atoms with Gasteiger partial charge in [0, 0.05) is 5.56 Å². The van der Waals surface area contributed by atoms with Crippen molar-refractivity contribution in [2.45, 2.75) is 26.9 Å². The summed E-state index contributed by atoms with van der Waals surface area (Å²) < 4.78 is 46.4. The highest BCUT2D eigenvalue weighted by Crippen LogP contribution is 2.30. The van der Waals surface area contributed by atoms with Crippen LogP contribution in [0.25, 0.3) is 5.69 Å². The lowest BCUT2D eigenvalue weighted by atomic mass is 10.1. The second-order valence-corrected chi connectivity index (χ2v) is 7.48. The average molecular weight is 474 g/mol. The molecule has 0 fully saturated rings. The third-order valence-electron chi connectivity index (χ3n) is 5.18. The number of hydrogen-bond donors (Lipinski definition) is 2. The van der Waals surface area contributed by atoms with Crippen molar-refractivity contribution in [2.24, 2.45) is 5.10 Å². The van der Waals surface area contributed by atoms with E-state index in [1.165, 1.54) is 44.4 Å². The molecule has 0 saturated carbocycles. The molecule has 2 N–H and O–H groups in total. The van der Waals surface area contributed by atoms with Gasteiger partial charge in [0.05, 0.1) is 29.6 Å². The first-order valence-electron chi connectivity index (χ1n) is 9.97. The molecule has 11 heteroatoms. The van der Waals surface area contributed by atoms with Crippen molar-refractivity contribution in [2.75, 3.05) is 7.11 Å². The van der Waals surface area contributed by atoms with Crippen LogP contribution in [0.3, 0.4) is 0 Å². The second kappa shape index (κ2) is 9.38. The van der Waals surface area contributed by atoms with Crippen LogP contribution in [0.1, 0.15) is 50.0 Å². The van der Waals surface area contributed by atoms with Gasteiger partial charge in [-0.05, 0) is 68.3 Å². The van der Waals surface area contributed by atoms with Gasteiger partial charge < -0.3 is 4.74 Å². The van der Waals surface area contributed by atoms with Crippen LogP contribution in [0, 0.1) is 13.8 Å². The SMILES string of the molecule is COC(=O)c1ccc(C(=O)NN=C(C)c2c(C(F)(F)F)[nH]n(-c3ccc(C)c(C)c3)c2=O)cc1. The first-order valence-corrected chi connectivity index (χ1v) is 9.97. The fraction of sp³-hybridized carbons (Fsp3) is 0.217. The number of ether oxygens (including phenoxy) is 1. The average Bonchev–Trinajstić information content (AvgIpc) is 3.16. The van der Waals surface area contributed by atoms with Gasteiger partial charge in [-0.25, -0.2) is 14.9 Å². The van der Waals surface area contributed by atoms with E-state index >= 15 is 0 Å². The molecule has 0 atom stereocenters. The molecular weight excluding hydrogens is 453 g/mol. The van der Waals surface area contributed by atoms with Crippen molar-refractivity contribution >= 4 is 17.6 Å². The minimum atomic E-state index is -4.87. The number of nitrogens with zero attached hydrogens (tertiary/aromatic N) is 2. The molecule has 1 heterocycles. The Labute approximate surface area is 192 Å². The molecule has 3 rings (SSSR count). The van der Waals surface area contributed by atoms with E-state index in [1.807, 2.05) is 6.92 Å².